The molecule has 5 rings (SSSR count). The minimum atomic E-state index is -0.358. The predicted molar refractivity (Wildman–Crippen MR) is 104 cm³/mol. The summed E-state index contributed by atoms with van der Waals surface area (Å²) in [6.07, 6.45) is 0. The van der Waals surface area contributed by atoms with Crippen LogP contribution in [0.1, 0.15) is 15.9 Å². The van der Waals surface area contributed by atoms with Crippen molar-refractivity contribution in [1.29, 1.82) is 0 Å². The first-order chi connectivity index (χ1) is 14.1. The minimum Gasteiger partial charge on any atom is -0.493 e. The first kappa shape index (κ1) is 17.5. The number of carbonyl (C=O) groups is 1. The number of fused-ring (bicyclic) bond motifs is 3. The highest BCUT2D eigenvalue weighted by molar-refractivity contribution is 6.11. The lowest BCUT2D eigenvalue weighted by Crippen LogP contribution is -2.01. The van der Waals surface area contributed by atoms with E-state index in [2.05, 4.69) is 0 Å². The molecule has 0 fully saturated rings. The fourth-order valence-electron chi connectivity index (χ4n) is 3.94. The van der Waals surface area contributed by atoms with Crippen LogP contribution in [0.25, 0.3) is 21.9 Å². The molecule has 3 aromatic carbocycles. The molecule has 0 saturated carbocycles. The van der Waals surface area contributed by atoms with Gasteiger partial charge in [-0.2, -0.15) is 0 Å². The van der Waals surface area contributed by atoms with E-state index in [9.17, 15) is 4.79 Å². The zero-order valence-corrected chi connectivity index (χ0v) is 16.2. The van der Waals surface area contributed by atoms with Gasteiger partial charge >= 0.3 is 5.97 Å². The molecule has 2 heterocycles. The van der Waals surface area contributed by atoms with Gasteiger partial charge in [0.05, 0.1) is 26.9 Å². The maximum absolute atomic E-state index is 12.6. The van der Waals surface area contributed by atoms with Gasteiger partial charge in [0, 0.05) is 11.1 Å². The Bertz CT molecular complexity index is 1140. The third kappa shape index (κ3) is 2.54. The highest BCUT2D eigenvalue weighted by Crippen LogP contribution is 2.47. The molecule has 29 heavy (non-hydrogen) atoms. The van der Waals surface area contributed by atoms with Crippen LogP contribution in [-0.2, 0) is 11.3 Å². The van der Waals surface area contributed by atoms with Crippen LogP contribution in [0.15, 0.2) is 30.3 Å². The van der Waals surface area contributed by atoms with Gasteiger partial charge in [0.2, 0.25) is 12.5 Å². The Hall–Kier alpha value is -3.61. The van der Waals surface area contributed by atoms with E-state index in [-0.39, 0.29) is 19.4 Å². The topological polar surface area (TPSA) is 72.5 Å². The molecule has 0 aliphatic carbocycles. The highest BCUT2D eigenvalue weighted by atomic mass is 16.7. The molecule has 3 aromatic rings. The quantitative estimate of drug-likeness (QED) is 0.621. The summed E-state index contributed by atoms with van der Waals surface area (Å²) in [5.41, 5.74) is 2.84. The number of rotatable bonds is 4. The average molecular weight is 394 g/mol. The second-order valence-corrected chi connectivity index (χ2v) is 6.70. The van der Waals surface area contributed by atoms with Crippen LogP contribution in [0, 0.1) is 0 Å². The van der Waals surface area contributed by atoms with E-state index in [4.69, 9.17) is 28.4 Å². The van der Waals surface area contributed by atoms with Gasteiger partial charge in [0.15, 0.2) is 23.0 Å². The Morgan fingerprint density at radius 3 is 2.14 bits per heavy atom. The number of methoxy groups -OCH3 is 3. The molecule has 0 saturated heterocycles. The number of ether oxygens (including phenoxy) is 6. The molecule has 0 spiro atoms. The van der Waals surface area contributed by atoms with Crippen LogP contribution in [0.3, 0.4) is 0 Å². The van der Waals surface area contributed by atoms with Crippen LogP contribution in [0.2, 0.25) is 0 Å². The lowest BCUT2D eigenvalue weighted by atomic mass is 9.90. The van der Waals surface area contributed by atoms with E-state index < -0.39 is 0 Å². The number of carbonyl (C=O) groups excluding carboxylic acids is 1. The second-order valence-electron chi connectivity index (χ2n) is 6.70. The molecule has 2 aliphatic rings. The Labute approximate surface area is 166 Å². The summed E-state index contributed by atoms with van der Waals surface area (Å²) in [6.45, 7) is 0.406. The molecule has 2 aliphatic heterocycles. The third-order valence-electron chi connectivity index (χ3n) is 5.23. The molecule has 0 N–H and O–H groups in total. The largest absolute Gasteiger partial charge is 0.493 e. The number of hydrogen-bond donors (Lipinski definition) is 0. The van der Waals surface area contributed by atoms with Crippen molar-refractivity contribution in [1.82, 2.24) is 0 Å². The van der Waals surface area contributed by atoms with E-state index in [0.29, 0.717) is 34.3 Å². The Balaban J connectivity index is 1.87. The Morgan fingerprint density at radius 2 is 1.48 bits per heavy atom. The van der Waals surface area contributed by atoms with E-state index in [1.807, 2.05) is 30.3 Å². The number of hydrogen-bond acceptors (Lipinski definition) is 7. The van der Waals surface area contributed by atoms with Crippen molar-refractivity contribution in [2.75, 3.05) is 28.1 Å². The molecule has 7 nitrogen and oxygen atoms in total. The van der Waals surface area contributed by atoms with Crippen molar-refractivity contribution in [3.63, 3.8) is 0 Å². The Morgan fingerprint density at radius 1 is 0.793 bits per heavy atom. The van der Waals surface area contributed by atoms with Gasteiger partial charge in [-0.3, -0.25) is 0 Å². The molecule has 0 radical (unpaired) electrons. The number of benzene rings is 3. The molecular weight excluding hydrogens is 376 g/mol. The van der Waals surface area contributed by atoms with Crippen LogP contribution in [-0.4, -0.2) is 34.1 Å². The van der Waals surface area contributed by atoms with E-state index >= 15 is 0 Å². The van der Waals surface area contributed by atoms with Gasteiger partial charge < -0.3 is 28.4 Å². The summed E-state index contributed by atoms with van der Waals surface area (Å²) in [6, 6.07) is 9.42. The van der Waals surface area contributed by atoms with Crippen LogP contribution >= 0.6 is 0 Å². The fraction of sp³-hybridized carbons (Fsp3) is 0.227. The van der Waals surface area contributed by atoms with Crippen molar-refractivity contribution in [2.24, 2.45) is 0 Å². The van der Waals surface area contributed by atoms with Crippen molar-refractivity contribution in [3.05, 3.63) is 41.5 Å². The molecule has 7 heteroatoms. The maximum atomic E-state index is 12.6. The van der Waals surface area contributed by atoms with E-state index in [0.717, 1.165) is 27.5 Å². The first-order valence-corrected chi connectivity index (χ1v) is 9.01. The van der Waals surface area contributed by atoms with E-state index in [1.54, 1.807) is 21.3 Å². The monoisotopic (exact) mass is 394 g/mol. The van der Waals surface area contributed by atoms with Crippen LogP contribution in [0.5, 0.6) is 28.7 Å². The van der Waals surface area contributed by atoms with Crippen LogP contribution in [0.4, 0.5) is 0 Å². The summed E-state index contributed by atoms with van der Waals surface area (Å²) in [4.78, 5) is 12.6. The SMILES string of the molecule is COc1cc(-c2c3c(cc4cc5c(cc24)OCO5)COC3=O)cc(OC)c1OC. The predicted octanol–water partition coefficient (Wildman–Crippen LogP) is 3.93. The molecule has 148 valence electrons. The van der Waals surface area contributed by atoms with E-state index in [1.165, 1.54) is 0 Å². The maximum Gasteiger partial charge on any atom is 0.339 e. The van der Waals surface area contributed by atoms with Crippen molar-refractivity contribution < 1.29 is 33.2 Å². The molecule has 0 unspecified atom stereocenters. The average Bonchev–Trinajstić information content (AvgIpc) is 3.35. The van der Waals surface area contributed by atoms with Gasteiger partial charge in [-0.25, -0.2) is 4.79 Å². The molecule has 0 bridgehead atoms. The first-order valence-electron chi connectivity index (χ1n) is 9.01. The number of esters is 1. The fourth-order valence-corrected chi connectivity index (χ4v) is 3.94. The Kier molecular flexibility index (Phi) is 3.91. The third-order valence-corrected chi connectivity index (χ3v) is 5.23. The zero-order valence-electron chi connectivity index (χ0n) is 16.2. The summed E-state index contributed by atoms with van der Waals surface area (Å²) in [5.74, 6) is 2.44. The highest BCUT2D eigenvalue weighted by Gasteiger charge is 2.30. The standard InChI is InChI=1S/C22H18O7/c1-24-17-6-12(7-18(25-2)21(17)26-3)19-14-8-16-15(28-10-29-16)5-11(14)4-13-9-27-22(23)20(13)19/h4-8H,9-10H2,1-3H3. The second kappa shape index (κ2) is 6.48. The molecule has 0 amide bonds. The summed E-state index contributed by atoms with van der Waals surface area (Å²) < 4.78 is 32.9. The van der Waals surface area contributed by atoms with Crippen molar-refractivity contribution >= 4 is 16.7 Å². The molecular formula is C22H18O7. The van der Waals surface area contributed by atoms with Crippen molar-refractivity contribution in [2.45, 2.75) is 6.61 Å². The smallest absolute Gasteiger partial charge is 0.339 e. The summed E-state index contributed by atoms with van der Waals surface area (Å²) >= 11 is 0. The van der Waals surface area contributed by atoms with Gasteiger partial charge in [-0.05, 0) is 46.7 Å². The van der Waals surface area contributed by atoms with Crippen molar-refractivity contribution in [3.8, 4) is 39.9 Å². The number of cyclic esters (lactones) is 1. The van der Waals surface area contributed by atoms with Crippen LogP contribution < -0.4 is 23.7 Å². The summed E-state index contributed by atoms with van der Waals surface area (Å²) in [7, 11) is 4.66. The van der Waals surface area contributed by atoms with Gasteiger partial charge in [-0.1, -0.05) is 0 Å². The van der Waals surface area contributed by atoms with Gasteiger partial charge in [0.1, 0.15) is 6.61 Å². The summed E-state index contributed by atoms with van der Waals surface area (Å²) in [5, 5.41) is 1.77. The minimum absolute atomic E-state index is 0.174. The normalized spacial score (nSPS) is 14.0. The molecule has 0 aromatic heterocycles. The molecule has 0 atom stereocenters. The lowest BCUT2D eigenvalue weighted by molar-refractivity contribution is 0.0535. The lowest BCUT2D eigenvalue weighted by Gasteiger charge is -2.17. The van der Waals surface area contributed by atoms with Gasteiger partial charge in [-0.15, -0.1) is 0 Å². The zero-order chi connectivity index (χ0) is 20.1. The van der Waals surface area contributed by atoms with Gasteiger partial charge in [0.25, 0.3) is 0 Å².